The SMILES string of the molecule is CCNC(=NCCc1cccc(C(=O)NC)c1)N1CCN(CC(=O)N2CCCCC2)CC1.I. The van der Waals surface area contributed by atoms with Gasteiger partial charge in [0.25, 0.3) is 5.91 Å². The van der Waals surface area contributed by atoms with E-state index in [9.17, 15) is 9.59 Å². The van der Waals surface area contributed by atoms with Crippen LogP contribution in [0.3, 0.4) is 0 Å². The number of aliphatic imine (C=N–C) groups is 1. The molecule has 8 nitrogen and oxygen atoms in total. The normalized spacial score (nSPS) is 17.3. The van der Waals surface area contributed by atoms with Crippen LogP contribution in [-0.2, 0) is 11.2 Å². The van der Waals surface area contributed by atoms with Crippen LogP contribution in [0.5, 0.6) is 0 Å². The first-order valence-corrected chi connectivity index (χ1v) is 11.9. The Bertz CT molecular complexity index is 789. The molecule has 0 radical (unpaired) electrons. The Morgan fingerprint density at radius 2 is 1.73 bits per heavy atom. The summed E-state index contributed by atoms with van der Waals surface area (Å²) in [6.45, 7) is 9.40. The Morgan fingerprint density at radius 1 is 1.00 bits per heavy atom. The molecule has 0 bridgehead atoms. The van der Waals surface area contributed by atoms with Gasteiger partial charge in [0.1, 0.15) is 0 Å². The number of piperidine rings is 1. The first kappa shape index (κ1) is 27.4. The number of piperazine rings is 1. The molecule has 2 N–H and O–H groups in total. The second-order valence-electron chi connectivity index (χ2n) is 8.47. The van der Waals surface area contributed by atoms with Crippen molar-refractivity contribution in [3.63, 3.8) is 0 Å². The summed E-state index contributed by atoms with van der Waals surface area (Å²) < 4.78 is 0. The van der Waals surface area contributed by atoms with E-state index >= 15 is 0 Å². The highest BCUT2D eigenvalue weighted by Gasteiger charge is 2.24. The number of halogens is 1. The largest absolute Gasteiger partial charge is 0.357 e. The maximum Gasteiger partial charge on any atom is 0.251 e. The fourth-order valence-electron chi connectivity index (χ4n) is 4.28. The molecule has 1 aromatic carbocycles. The molecule has 184 valence electrons. The lowest BCUT2D eigenvalue weighted by atomic mass is 10.1. The summed E-state index contributed by atoms with van der Waals surface area (Å²) in [6, 6.07) is 7.71. The fraction of sp³-hybridized carbons (Fsp3) is 0.625. The van der Waals surface area contributed by atoms with Gasteiger partial charge in [-0.2, -0.15) is 0 Å². The monoisotopic (exact) mass is 570 g/mol. The van der Waals surface area contributed by atoms with Crippen molar-refractivity contribution in [2.45, 2.75) is 32.6 Å². The minimum atomic E-state index is -0.0691. The van der Waals surface area contributed by atoms with Crippen molar-refractivity contribution >= 4 is 41.8 Å². The minimum Gasteiger partial charge on any atom is -0.357 e. The molecule has 2 saturated heterocycles. The van der Waals surface area contributed by atoms with Crippen LogP contribution in [-0.4, -0.2) is 98.4 Å². The second kappa shape index (κ2) is 14.4. The van der Waals surface area contributed by atoms with Crippen LogP contribution in [0, 0.1) is 0 Å². The molecule has 33 heavy (non-hydrogen) atoms. The summed E-state index contributed by atoms with van der Waals surface area (Å²) in [7, 11) is 1.64. The van der Waals surface area contributed by atoms with Gasteiger partial charge < -0.3 is 20.4 Å². The predicted octanol–water partition coefficient (Wildman–Crippen LogP) is 1.80. The van der Waals surface area contributed by atoms with Crippen molar-refractivity contribution in [1.29, 1.82) is 0 Å². The zero-order valence-electron chi connectivity index (χ0n) is 20.0. The van der Waals surface area contributed by atoms with Gasteiger partial charge in [-0.1, -0.05) is 12.1 Å². The van der Waals surface area contributed by atoms with Gasteiger partial charge in [-0.05, 0) is 50.3 Å². The van der Waals surface area contributed by atoms with Gasteiger partial charge in [0, 0.05) is 65.0 Å². The fourth-order valence-corrected chi connectivity index (χ4v) is 4.28. The number of hydrogen-bond donors (Lipinski definition) is 2. The third-order valence-electron chi connectivity index (χ3n) is 6.15. The Morgan fingerprint density at radius 3 is 2.39 bits per heavy atom. The van der Waals surface area contributed by atoms with Crippen LogP contribution in [0.1, 0.15) is 42.1 Å². The summed E-state index contributed by atoms with van der Waals surface area (Å²) >= 11 is 0. The number of guanidine groups is 1. The van der Waals surface area contributed by atoms with Crippen LogP contribution in [0.2, 0.25) is 0 Å². The lowest BCUT2D eigenvalue weighted by molar-refractivity contribution is -0.133. The third kappa shape index (κ3) is 8.44. The van der Waals surface area contributed by atoms with Gasteiger partial charge in [0.05, 0.1) is 6.54 Å². The second-order valence-corrected chi connectivity index (χ2v) is 8.47. The number of hydrogen-bond acceptors (Lipinski definition) is 4. The molecule has 9 heteroatoms. The van der Waals surface area contributed by atoms with Crippen LogP contribution < -0.4 is 10.6 Å². The maximum absolute atomic E-state index is 12.6. The van der Waals surface area contributed by atoms with Crippen molar-refractivity contribution < 1.29 is 9.59 Å². The first-order chi connectivity index (χ1) is 15.6. The van der Waals surface area contributed by atoms with E-state index in [0.29, 0.717) is 18.7 Å². The molecule has 0 saturated carbocycles. The van der Waals surface area contributed by atoms with Crippen molar-refractivity contribution in [3.8, 4) is 0 Å². The Hall–Kier alpha value is -1.88. The number of rotatable bonds is 7. The van der Waals surface area contributed by atoms with Gasteiger partial charge >= 0.3 is 0 Å². The number of carbonyl (C=O) groups is 2. The van der Waals surface area contributed by atoms with E-state index in [4.69, 9.17) is 4.99 Å². The van der Waals surface area contributed by atoms with Crippen molar-refractivity contribution in [3.05, 3.63) is 35.4 Å². The molecular weight excluding hydrogens is 531 g/mol. The average Bonchev–Trinajstić information content (AvgIpc) is 2.84. The number of nitrogens with zero attached hydrogens (tertiary/aromatic N) is 4. The van der Waals surface area contributed by atoms with Gasteiger partial charge in [-0.15, -0.1) is 24.0 Å². The molecule has 0 atom stereocenters. The van der Waals surface area contributed by atoms with E-state index in [2.05, 4.69) is 27.4 Å². The maximum atomic E-state index is 12.6. The Kier molecular flexibility index (Phi) is 11.9. The quantitative estimate of drug-likeness (QED) is 0.297. The van der Waals surface area contributed by atoms with Crippen LogP contribution in [0.4, 0.5) is 0 Å². The lowest BCUT2D eigenvalue weighted by Gasteiger charge is -2.37. The van der Waals surface area contributed by atoms with Crippen molar-refractivity contribution in [2.24, 2.45) is 4.99 Å². The number of likely N-dealkylation sites (tertiary alicyclic amines) is 1. The smallest absolute Gasteiger partial charge is 0.251 e. The van der Waals surface area contributed by atoms with E-state index in [-0.39, 0.29) is 35.8 Å². The molecule has 3 rings (SSSR count). The molecule has 2 fully saturated rings. The van der Waals surface area contributed by atoms with E-state index in [1.165, 1.54) is 6.42 Å². The minimum absolute atomic E-state index is 0. The standard InChI is InChI=1S/C24H38N6O2.HI/c1-3-26-24(27-11-10-20-8-7-9-21(18-20)23(32)25-2)30-16-14-28(15-17-30)19-22(31)29-12-5-4-6-13-29;/h7-9,18H,3-6,10-17,19H2,1-2H3,(H,25,32)(H,26,27);1H. The molecule has 0 aliphatic carbocycles. The number of nitrogens with one attached hydrogen (secondary N) is 2. The zero-order chi connectivity index (χ0) is 22.8. The van der Waals surface area contributed by atoms with Crippen LogP contribution >= 0.6 is 24.0 Å². The predicted molar refractivity (Wildman–Crippen MR) is 143 cm³/mol. The molecule has 0 aromatic heterocycles. The molecule has 2 heterocycles. The van der Waals surface area contributed by atoms with Gasteiger partial charge in [0.2, 0.25) is 5.91 Å². The molecule has 2 aliphatic heterocycles. The van der Waals surface area contributed by atoms with E-state index in [1.54, 1.807) is 7.05 Å². The average molecular weight is 571 g/mol. The highest BCUT2D eigenvalue weighted by Crippen LogP contribution is 2.11. The summed E-state index contributed by atoms with van der Waals surface area (Å²) in [4.78, 5) is 35.8. The molecule has 0 spiro atoms. The van der Waals surface area contributed by atoms with Crippen molar-refractivity contribution in [2.75, 3.05) is 66.0 Å². The number of amides is 2. The highest BCUT2D eigenvalue weighted by molar-refractivity contribution is 14.0. The Balaban J connectivity index is 0.00000385. The molecule has 2 aliphatic rings. The van der Waals surface area contributed by atoms with Gasteiger partial charge in [-0.3, -0.25) is 19.5 Å². The highest BCUT2D eigenvalue weighted by atomic mass is 127. The summed E-state index contributed by atoms with van der Waals surface area (Å²) in [5, 5.41) is 6.07. The first-order valence-electron chi connectivity index (χ1n) is 11.9. The van der Waals surface area contributed by atoms with E-state index in [1.807, 2.05) is 29.2 Å². The zero-order valence-corrected chi connectivity index (χ0v) is 22.3. The molecule has 0 unspecified atom stereocenters. The summed E-state index contributed by atoms with van der Waals surface area (Å²) in [5.74, 6) is 1.13. The van der Waals surface area contributed by atoms with Gasteiger partial charge in [-0.25, -0.2) is 0 Å². The lowest BCUT2D eigenvalue weighted by Crippen LogP contribution is -2.54. The summed E-state index contributed by atoms with van der Waals surface area (Å²) in [6.07, 6.45) is 4.30. The Labute approximate surface area is 215 Å². The van der Waals surface area contributed by atoms with Gasteiger partial charge in [0.15, 0.2) is 5.96 Å². The van der Waals surface area contributed by atoms with Crippen LogP contribution in [0.15, 0.2) is 29.3 Å². The molecular formula is C24H39IN6O2. The number of benzene rings is 1. The summed E-state index contributed by atoms with van der Waals surface area (Å²) in [5.41, 5.74) is 1.78. The topological polar surface area (TPSA) is 80.3 Å². The van der Waals surface area contributed by atoms with E-state index in [0.717, 1.165) is 76.6 Å². The third-order valence-corrected chi connectivity index (χ3v) is 6.15. The van der Waals surface area contributed by atoms with Crippen molar-refractivity contribution in [1.82, 2.24) is 25.3 Å². The van der Waals surface area contributed by atoms with Crippen LogP contribution in [0.25, 0.3) is 0 Å². The molecule has 2 amide bonds. The van der Waals surface area contributed by atoms with E-state index < -0.39 is 0 Å². The molecule has 1 aromatic rings. The number of carbonyl (C=O) groups excluding carboxylic acids is 2.